The van der Waals surface area contributed by atoms with Gasteiger partial charge >= 0.3 is 5.97 Å². The molecule has 0 aliphatic heterocycles. The van der Waals surface area contributed by atoms with Crippen LogP contribution in [0.25, 0.3) is 0 Å². The summed E-state index contributed by atoms with van der Waals surface area (Å²) in [4.78, 5) is 12.2. The topological polar surface area (TPSA) is 26.3 Å². The molecule has 0 bridgehead atoms. The molecule has 0 radical (unpaired) electrons. The molecule has 0 aliphatic carbocycles. The molecule has 1 rings (SSSR count). The zero-order valence-electron chi connectivity index (χ0n) is 12.6. The summed E-state index contributed by atoms with van der Waals surface area (Å²) in [5.74, 6) is -0.202. The zero-order chi connectivity index (χ0) is 14.1. The van der Waals surface area contributed by atoms with Crippen LogP contribution in [0.1, 0.15) is 53.4 Å². The average Bonchev–Trinajstić information content (AvgIpc) is 2.23. The first kappa shape index (κ1) is 14.7. The number of hydrogen-bond acceptors (Lipinski definition) is 2. The van der Waals surface area contributed by atoms with Crippen molar-refractivity contribution >= 4 is 5.97 Å². The Labute approximate surface area is 110 Å². The average molecular weight is 248 g/mol. The van der Waals surface area contributed by atoms with Crippen LogP contribution in [0.3, 0.4) is 0 Å². The van der Waals surface area contributed by atoms with Gasteiger partial charge in [-0.1, -0.05) is 26.8 Å². The van der Waals surface area contributed by atoms with E-state index in [9.17, 15) is 4.79 Å². The van der Waals surface area contributed by atoms with Gasteiger partial charge in [0.25, 0.3) is 0 Å². The van der Waals surface area contributed by atoms with E-state index >= 15 is 0 Å². The minimum absolute atomic E-state index is 0.00363. The monoisotopic (exact) mass is 248 g/mol. The number of ether oxygens (including phenoxy) is 1. The molecule has 2 nitrogen and oxygen atoms in total. The molecule has 0 fully saturated rings. The molecule has 0 heterocycles. The molecular formula is C16H24O2. The first-order valence-corrected chi connectivity index (χ1v) is 6.38. The highest BCUT2D eigenvalue weighted by Gasteiger charge is 2.19. The molecule has 0 amide bonds. The summed E-state index contributed by atoms with van der Waals surface area (Å²) in [6.45, 7) is 14.6. The molecule has 1 aromatic rings. The highest BCUT2D eigenvalue weighted by atomic mass is 16.5. The molecule has 0 aliphatic rings. The van der Waals surface area contributed by atoms with Gasteiger partial charge in [0.05, 0.1) is 12.2 Å². The van der Waals surface area contributed by atoms with Crippen LogP contribution in [0.5, 0.6) is 0 Å². The predicted octanol–water partition coefficient (Wildman–Crippen LogP) is 4.12. The Morgan fingerprint density at radius 3 is 1.89 bits per heavy atom. The first-order valence-electron chi connectivity index (χ1n) is 6.38. The number of hydrogen-bond donors (Lipinski definition) is 0. The molecule has 0 atom stereocenters. The maximum Gasteiger partial charge on any atom is 0.338 e. The Morgan fingerprint density at radius 2 is 1.50 bits per heavy atom. The van der Waals surface area contributed by atoms with Crippen molar-refractivity contribution in [3.63, 3.8) is 0 Å². The number of carbonyl (C=O) groups excluding carboxylic acids is 1. The lowest BCUT2D eigenvalue weighted by atomic mass is 9.94. The summed E-state index contributed by atoms with van der Waals surface area (Å²) in [5, 5.41) is 0. The summed E-state index contributed by atoms with van der Waals surface area (Å²) >= 11 is 0. The van der Waals surface area contributed by atoms with Gasteiger partial charge in [0, 0.05) is 0 Å². The number of rotatable bonds is 2. The van der Waals surface area contributed by atoms with Gasteiger partial charge in [0.15, 0.2) is 0 Å². The maximum absolute atomic E-state index is 12.2. The number of esters is 1. The number of carbonyl (C=O) groups is 1. The van der Waals surface area contributed by atoms with Gasteiger partial charge in [-0.2, -0.15) is 0 Å². The van der Waals surface area contributed by atoms with E-state index in [2.05, 4.69) is 26.8 Å². The highest BCUT2D eigenvalue weighted by molar-refractivity contribution is 5.93. The third kappa shape index (κ3) is 3.34. The van der Waals surface area contributed by atoms with Crippen LogP contribution in [0, 0.1) is 33.1 Å². The van der Waals surface area contributed by atoms with Crippen LogP contribution in [0.15, 0.2) is 6.07 Å². The van der Waals surface area contributed by atoms with E-state index in [4.69, 9.17) is 4.74 Å². The van der Waals surface area contributed by atoms with Crippen LogP contribution < -0.4 is 0 Å². The van der Waals surface area contributed by atoms with E-state index in [0.717, 1.165) is 27.8 Å². The third-order valence-corrected chi connectivity index (χ3v) is 3.21. The molecular weight excluding hydrogens is 224 g/mol. The summed E-state index contributed by atoms with van der Waals surface area (Å²) in [5.41, 5.74) is 5.06. The zero-order valence-corrected chi connectivity index (χ0v) is 12.6. The smallest absolute Gasteiger partial charge is 0.338 e. The Hall–Kier alpha value is -1.31. The van der Waals surface area contributed by atoms with E-state index in [-0.39, 0.29) is 11.4 Å². The van der Waals surface area contributed by atoms with Gasteiger partial charge in [0.2, 0.25) is 0 Å². The Morgan fingerprint density at radius 1 is 1.06 bits per heavy atom. The number of aryl methyl sites for hydroxylation is 2. The number of benzene rings is 1. The van der Waals surface area contributed by atoms with Crippen LogP contribution in [0.4, 0.5) is 0 Å². The van der Waals surface area contributed by atoms with Crippen molar-refractivity contribution in [2.24, 2.45) is 5.41 Å². The van der Waals surface area contributed by atoms with Crippen molar-refractivity contribution in [1.29, 1.82) is 0 Å². The lowest BCUT2D eigenvalue weighted by Crippen LogP contribution is -2.20. The summed E-state index contributed by atoms with van der Waals surface area (Å²) in [6.07, 6.45) is 0. The fourth-order valence-electron chi connectivity index (χ4n) is 1.88. The Bertz CT molecular complexity index is 439. The van der Waals surface area contributed by atoms with Crippen LogP contribution in [-0.4, -0.2) is 12.6 Å². The van der Waals surface area contributed by atoms with Crippen LogP contribution >= 0.6 is 0 Å². The molecule has 100 valence electrons. The quantitative estimate of drug-likeness (QED) is 0.736. The van der Waals surface area contributed by atoms with Gasteiger partial charge in [-0.25, -0.2) is 4.79 Å². The van der Waals surface area contributed by atoms with Gasteiger partial charge in [-0.15, -0.1) is 0 Å². The SMILES string of the molecule is Cc1cc(C)c(C)c(C(=O)OCC(C)(C)C)c1C. The second kappa shape index (κ2) is 5.13. The van der Waals surface area contributed by atoms with E-state index < -0.39 is 0 Å². The maximum atomic E-state index is 12.2. The molecule has 0 aromatic heterocycles. The van der Waals surface area contributed by atoms with Crippen molar-refractivity contribution < 1.29 is 9.53 Å². The molecule has 0 spiro atoms. The molecule has 0 saturated heterocycles. The minimum Gasteiger partial charge on any atom is -0.462 e. The van der Waals surface area contributed by atoms with E-state index in [0.29, 0.717) is 6.61 Å². The second-order valence-electron chi connectivity index (χ2n) is 6.27. The van der Waals surface area contributed by atoms with Crippen LogP contribution in [0.2, 0.25) is 0 Å². The molecule has 18 heavy (non-hydrogen) atoms. The lowest BCUT2D eigenvalue weighted by Gasteiger charge is -2.20. The van der Waals surface area contributed by atoms with E-state index in [1.165, 1.54) is 0 Å². The van der Waals surface area contributed by atoms with Crippen molar-refractivity contribution in [2.75, 3.05) is 6.61 Å². The third-order valence-electron chi connectivity index (χ3n) is 3.21. The molecule has 0 N–H and O–H groups in total. The van der Waals surface area contributed by atoms with E-state index in [1.54, 1.807) is 0 Å². The van der Waals surface area contributed by atoms with Crippen molar-refractivity contribution in [3.8, 4) is 0 Å². The fourth-order valence-corrected chi connectivity index (χ4v) is 1.88. The minimum atomic E-state index is -0.202. The predicted molar refractivity (Wildman–Crippen MR) is 75.1 cm³/mol. The first-order chi connectivity index (χ1) is 8.13. The van der Waals surface area contributed by atoms with Gasteiger partial charge in [-0.05, 0) is 55.4 Å². The molecule has 0 saturated carbocycles. The largest absolute Gasteiger partial charge is 0.462 e. The van der Waals surface area contributed by atoms with Crippen LogP contribution in [-0.2, 0) is 4.74 Å². The van der Waals surface area contributed by atoms with Gasteiger partial charge in [0.1, 0.15) is 0 Å². The van der Waals surface area contributed by atoms with Crippen molar-refractivity contribution in [1.82, 2.24) is 0 Å². The highest BCUT2D eigenvalue weighted by Crippen LogP contribution is 2.23. The standard InChI is InChI=1S/C16H24O2/c1-10-8-11(2)13(4)14(12(10)3)15(17)18-9-16(5,6)7/h8H,9H2,1-7H3. The summed E-state index contributed by atoms with van der Waals surface area (Å²) in [7, 11) is 0. The van der Waals surface area contributed by atoms with Crippen molar-refractivity contribution in [3.05, 3.63) is 33.9 Å². The fraction of sp³-hybridized carbons (Fsp3) is 0.562. The molecule has 2 heteroatoms. The summed E-state index contributed by atoms with van der Waals surface area (Å²) in [6, 6.07) is 2.12. The van der Waals surface area contributed by atoms with Crippen molar-refractivity contribution in [2.45, 2.75) is 48.5 Å². The summed E-state index contributed by atoms with van der Waals surface area (Å²) < 4.78 is 5.43. The Kier molecular flexibility index (Phi) is 4.20. The van der Waals surface area contributed by atoms with Gasteiger partial charge < -0.3 is 4.74 Å². The Balaban J connectivity index is 3.06. The van der Waals surface area contributed by atoms with E-state index in [1.807, 2.05) is 27.7 Å². The molecule has 1 aromatic carbocycles. The second-order valence-corrected chi connectivity index (χ2v) is 6.27. The van der Waals surface area contributed by atoms with Gasteiger partial charge in [-0.3, -0.25) is 0 Å². The molecule has 0 unspecified atom stereocenters. The lowest BCUT2D eigenvalue weighted by molar-refractivity contribution is 0.0365. The normalized spacial score (nSPS) is 11.5.